The van der Waals surface area contributed by atoms with Crippen LogP contribution in [0.15, 0.2) is 36.4 Å². The van der Waals surface area contributed by atoms with Crippen molar-refractivity contribution in [3.63, 3.8) is 0 Å². The second-order valence-electron chi connectivity index (χ2n) is 4.51. The van der Waals surface area contributed by atoms with E-state index in [1.807, 2.05) is 5.32 Å². The van der Waals surface area contributed by atoms with Crippen molar-refractivity contribution in [2.45, 2.75) is 6.42 Å². The smallest absolute Gasteiger partial charge is 0.308 e. The van der Waals surface area contributed by atoms with Crippen molar-refractivity contribution in [3.05, 3.63) is 63.6 Å². The molecule has 0 fully saturated rings. The minimum atomic E-state index is -0.856. The summed E-state index contributed by atoms with van der Waals surface area (Å²) in [5, 5.41) is 4.24. The predicted octanol–water partition coefficient (Wildman–Crippen LogP) is 4.16. The Labute approximate surface area is 140 Å². The van der Waals surface area contributed by atoms with Gasteiger partial charge in [0.25, 0.3) is 0 Å². The van der Waals surface area contributed by atoms with Crippen LogP contribution in [0.2, 0.25) is 10.0 Å². The first-order chi connectivity index (χ1) is 10.9. The first-order valence-corrected chi connectivity index (χ1v) is 7.11. The van der Waals surface area contributed by atoms with Gasteiger partial charge in [0.15, 0.2) is 0 Å². The number of carbonyl (C=O) groups excluding carboxylic acids is 2. The van der Waals surface area contributed by atoms with Crippen LogP contribution in [0.1, 0.15) is 5.56 Å². The van der Waals surface area contributed by atoms with E-state index in [1.165, 1.54) is 24.3 Å². The van der Waals surface area contributed by atoms with E-state index >= 15 is 0 Å². The number of hydrogen-bond acceptors (Lipinski definition) is 2. The summed E-state index contributed by atoms with van der Waals surface area (Å²) in [4.78, 5) is 23.4. The molecule has 0 spiro atoms. The van der Waals surface area contributed by atoms with E-state index < -0.39 is 30.0 Å². The van der Waals surface area contributed by atoms with Gasteiger partial charge in [-0.2, -0.15) is 0 Å². The number of imide groups is 1. The van der Waals surface area contributed by atoms with Crippen LogP contribution >= 0.6 is 23.2 Å². The molecule has 0 aliphatic heterocycles. The fraction of sp³-hybridized carbons (Fsp3) is 0.0667. The van der Waals surface area contributed by atoms with Crippen LogP contribution in [-0.4, -0.2) is 11.9 Å². The van der Waals surface area contributed by atoms with Gasteiger partial charge in [0.05, 0.1) is 11.4 Å². The van der Waals surface area contributed by atoms with Gasteiger partial charge < -0.3 is 5.32 Å². The highest BCUT2D eigenvalue weighted by Crippen LogP contribution is 2.20. The van der Waals surface area contributed by atoms with Gasteiger partial charge in [-0.25, -0.2) is 13.6 Å². The summed E-state index contributed by atoms with van der Waals surface area (Å²) >= 11 is 11.4. The third kappa shape index (κ3) is 4.64. The van der Waals surface area contributed by atoms with Gasteiger partial charge in [-0.15, -0.1) is 0 Å². The number of nitrogens with one attached hydrogen (secondary N) is 2. The van der Waals surface area contributed by atoms with Crippen LogP contribution in [0.4, 0.5) is 19.3 Å². The van der Waals surface area contributed by atoms with Crippen LogP contribution in [0.5, 0.6) is 0 Å². The zero-order chi connectivity index (χ0) is 17.0. The number of rotatable bonds is 3. The summed E-state index contributed by atoms with van der Waals surface area (Å²) in [6.07, 6.45) is -0.400. The zero-order valence-electron chi connectivity index (χ0n) is 11.5. The first-order valence-electron chi connectivity index (χ1n) is 6.35. The van der Waals surface area contributed by atoms with Crippen molar-refractivity contribution in [3.8, 4) is 0 Å². The van der Waals surface area contributed by atoms with Gasteiger partial charge in [-0.3, -0.25) is 10.1 Å². The molecular formula is C15H10Cl2F2N2O2. The van der Waals surface area contributed by atoms with Crippen molar-refractivity contribution < 1.29 is 18.4 Å². The first kappa shape index (κ1) is 17.2. The highest BCUT2D eigenvalue weighted by Gasteiger charge is 2.14. The molecule has 0 bridgehead atoms. The predicted molar refractivity (Wildman–Crippen MR) is 83.7 cm³/mol. The van der Waals surface area contributed by atoms with E-state index in [1.54, 1.807) is 0 Å². The molecule has 2 aromatic rings. The van der Waals surface area contributed by atoms with Crippen molar-refractivity contribution in [2.75, 3.05) is 5.32 Å². The van der Waals surface area contributed by atoms with Gasteiger partial charge in [0.1, 0.15) is 11.6 Å². The van der Waals surface area contributed by atoms with Gasteiger partial charge in [-0.1, -0.05) is 29.3 Å². The molecule has 0 aliphatic carbocycles. The maximum atomic E-state index is 13.6. The molecule has 0 aromatic heterocycles. The summed E-state index contributed by atoms with van der Waals surface area (Å²) in [6, 6.07) is 6.68. The molecule has 2 N–H and O–H groups in total. The van der Waals surface area contributed by atoms with E-state index in [9.17, 15) is 18.4 Å². The molecule has 0 radical (unpaired) electrons. The lowest BCUT2D eigenvalue weighted by atomic mass is 10.1. The number of carbonyl (C=O) groups is 2. The molecule has 0 unspecified atom stereocenters. The summed E-state index contributed by atoms with van der Waals surface area (Å²) in [7, 11) is 0. The monoisotopic (exact) mass is 358 g/mol. The maximum Gasteiger partial charge on any atom is 0.325 e. The lowest BCUT2D eigenvalue weighted by Gasteiger charge is -2.08. The van der Waals surface area contributed by atoms with Crippen LogP contribution in [0.3, 0.4) is 0 Å². The number of urea groups is 1. The van der Waals surface area contributed by atoms with E-state index in [0.29, 0.717) is 0 Å². The van der Waals surface area contributed by atoms with Gasteiger partial charge in [0, 0.05) is 16.3 Å². The molecule has 0 aliphatic rings. The van der Waals surface area contributed by atoms with Crippen molar-refractivity contribution >= 4 is 40.8 Å². The zero-order valence-corrected chi connectivity index (χ0v) is 13.0. The van der Waals surface area contributed by atoms with Crippen LogP contribution in [0.25, 0.3) is 0 Å². The van der Waals surface area contributed by atoms with Crippen molar-refractivity contribution in [2.24, 2.45) is 0 Å². The summed E-state index contributed by atoms with van der Waals surface area (Å²) in [6.45, 7) is 0. The molecule has 23 heavy (non-hydrogen) atoms. The molecule has 2 rings (SSSR count). The second-order valence-corrected chi connectivity index (χ2v) is 5.32. The Morgan fingerprint density at radius 3 is 2.39 bits per heavy atom. The molecule has 8 heteroatoms. The Morgan fingerprint density at radius 2 is 1.74 bits per heavy atom. The van der Waals surface area contributed by atoms with E-state index in [2.05, 4.69) is 5.32 Å². The standard InChI is InChI=1S/C15H10Cl2F2N2O2/c16-10-2-1-3-12(18)9(10)7-14(22)21-15(23)20-8-4-5-13(19)11(17)6-8/h1-6H,7H2,(H2,20,21,22,23). The fourth-order valence-electron chi connectivity index (χ4n) is 1.77. The lowest BCUT2D eigenvalue weighted by molar-refractivity contribution is -0.119. The normalized spacial score (nSPS) is 10.3. The summed E-state index contributed by atoms with van der Waals surface area (Å²) < 4.78 is 26.6. The molecule has 120 valence electrons. The van der Waals surface area contributed by atoms with Crippen molar-refractivity contribution in [1.82, 2.24) is 5.32 Å². The second kappa shape index (κ2) is 7.39. The number of anilines is 1. The molecule has 2 aromatic carbocycles. The van der Waals surface area contributed by atoms with Crippen LogP contribution < -0.4 is 10.6 Å². The van der Waals surface area contributed by atoms with Gasteiger partial charge >= 0.3 is 6.03 Å². The number of benzene rings is 2. The molecular weight excluding hydrogens is 349 g/mol. The Hall–Kier alpha value is -2.18. The molecule has 3 amide bonds. The number of amides is 3. The third-order valence-electron chi connectivity index (χ3n) is 2.83. The molecule has 0 atom stereocenters. The SMILES string of the molecule is O=C(Cc1c(F)cccc1Cl)NC(=O)Nc1ccc(F)c(Cl)c1. The summed E-state index contributed by atoms with van der Waals surface area (Å²) in [5.41, 5.74) is 0.190. The highest BCUT2D eigenvalue weighted by atomic mass is 35.5. The lowest BCUT2D eigenvalue weighted by Crippen LogP contribution is -2.35. The quantitative estimate of drug-likeness (QED) is 0.865. The molecule has 0 saturated heterocycles. The maximum absolute atomic E-state index is 13.6. The third-order valence-corrected chi connectivity index (χ3v) is 3.47. The number of halogens is 4. The fourth-order valence-corrected chi connectivity index (χ4v) is 2.18. The Morgan fingerprint density at radius 1 is 1.00 bits per heavy atom. The summed E-state index contributed by atoms with van der Waals surface area (Å²) in [5.74, 6) is -2.02. The Balaban J connectivity index is 1.97. The highest BCUT2D eigenvalue weighted by molar-refractivity contribution is 6.31. The average molecular weight is 359 g/mol. The van der Waals surface area contributed by atoms with Crippen molar-refractivity contribution in [1.29, 1.82) is 0 Å². The van der Waals surface area contributed by atoms with E-state index in [-0.39, 0.29) is 21.3 Å². The Bertz CT molecular complexity index is 749. The largest absolute Gasteiger partial charge is 0.325 e. The molecule has 0 heterocycles. The average Bonchev–Trinajstić information content (AvgIpc) is 2.47. The topological polar surface area (TPSA) is 58.2 Å². The minimum absolute atomic E-state index is 0.00991. The minimum Gasteiger partial charge on any atom is -0.308 e. The molecule has 4 nitrogen and oxygen atoms in total. The molecule has 0 saturated carbocycles. The van der Waals surface area contributed by atoms with Gasteiger partial charge in [-0.05, 0) is 30.3 Å². The Kier molecular flexibility index (Phi) is 5.52. The van der Waals surface area contributed by atoms with E-state index in [0.717, 1.165) is 12.1 Å². The van der Waals surface area contributed by atoms with Crippen LogP contribution in [-0.2, 0) is 11.2 Å². The van der Waals surface area contributed by atoms with E-state index in [4.69, 9.17) is 23.2 Å². The van der Waals surface area contributed by atoms with Gasteiger partial charge in [0.2, 0.25) is 5.91 Å². The van der Waals surface area contributed by atoms with Crippen LogP contribution in [0, 0.1) is 11.6 Å². The number of hydrogen-bond donors (Lipinski definition) is 2.